The molecule has 2 aliphatic rings. The number of aromatic nitrogens is 1. The molecular formula is C18H20N2O3. The number of morpholine rings is 1. The molecule has 1 aliphatic heterocycles. The van der Waals surface area contributed by atoms with Gasteiger partial charge in [0.2, 0.25) is 0 Å². The Hall–Kier alpha value is -2.14. The van der Waals surface area contributed by atoms with Crippen LogP contribution in [0.1, 0.15) is 36.0 Å². The highest BCUT2D eigenvalue weighted by Crippen LogP contribution is 2.29. The lowest BCUT2D eigenvalue weighted by atomic mass is 9.89. The predicted molar refractivity (Wildman–Crippen MR) is 87.6 cm³/mol. The van der Waals surface area contributed by atoms with E-state index in [4.69, 9.17) is 4.74 Å². The maximum absolute atomic E-state index is 13.0. The molecule has 2 heterocycles. The highest BCUT2D eigenvalue weighted by atomic mass is 16.5. The number of para-hydroxylation sites is 1. The number of benzene rings is 1. The van der Waals surface area contributed by atoms with Crippen molar-refractivity contribution in [2.24, 2.45) is 0 Å². The fourth-order valence-electron chi connectivity index (χ4n) is 3.81. The number of hydrogen-bond acceptors (Lipinski definition) is 3. The van der Waals surface area contributed by atoms with Crippen LogP contribution in [0, 0.1) is 0 Å². The van der Waals surface area contributed by atoms with Gasteiger partial charge < -0.3 is 14.6 Å². The van der Waals surface area contributed by atoms with E-state index in [1.165, 1.54) is 0 Å². The molecule has 1 saturated carbocycles. The predicted octanol–water partition coefficient (Wildman–Crippen LogP) is 2.31. The van der Waals surface area contributed by atoms with Crippen molar-refractivity contribution < 1.29 is 9.53 Å². The molecule has 1 saturated heterocycles. The number of aromatic amines is 1. The molecule has 0 spiro atoms. The molecule has 0 radical (unpaired) electrons. The summed E-state index contributed by atoms with van der Waals surface area (Å²) < 4.78 is 5.82. The number of H-pyrrole nitrogens is 1. The SMILES string of the molecule is O=C(c1cc2ccccc2[nH]c1=O)N1CCO[C@@H]2CCCC[C@H]21. The third kappa shape index (κ3) is 2.55. The summed E-state index contributed by atoms with van der Waals surface area (Å²) in [6.45, 7) is 1.12. The van der Waals surface area contributed by atoms with Crippen molar-refractivity contribution in [3.63, 3.8) is 0 Å². The number of ether oxygens (including phenoxy) is 1. The van der Waals surface area contributed by atoms with Crippen LogP contribution < -0.4 is 5.56 Å². The van der Waals surface area contributed by atoms with Crippen LogP contribution in [-0.2, 0) is 4.74 Å². The van der Waals surface area contributed by atoms with Crippen molar-refractivity contribution in [1.82, 2.24) is 9.88 Å². The monoisotopic (exact) mass is 312 g/mol. The number of fused-ring (bicyclic) bond motifs is 2. The second kappa shape index (κ2) is 5.81. The van der Waals surface area contributed by atoms with Crippen LogP contribution >= 0.6 is 0 Å². The van der Waals surface area contributed by atoms with Gasteiger partial charge in [-0.25, -0.2) is 0 Å². The van der Waals surface area contributed by atoms with E-state index in [2.05, 4.69) is 4.98 Å². The standard InChI is InChI=1S/C18H20N2O3/c21-17-13(11-12-5-1-2-6-14(12)19-17)18(22)20-9-10-23-16-8-4-3-7-15(16)20/h1-2,5-6,11,15-16H,3-4,7-10H2,(H,19,21)/t15-,16-/m1/s1. The van der Waals surface area contributed by atoms with Gasteiger partial charge in [-0.15, -0.1) is 0 Å². The third-order valence-electron chi connectivity index (χ3n) is 4.98. The first kappa shape index (κ1) is 14.5. The van der Waals surface area contributed by atoms with Gasteiger partial charge in [-0.05, 0) is 30.4 Å². The first-order valence-corrected chi connectivity index (χ1v) is 8.29. The third-order valence-corrected chi connectivity index (χ3v) is 4.98. The Bertz CT molecular complexity index is 796. The van der Waals surface area contributed by atoms with E-state index in [0.717, 1.165) is 36.6 Å². The van der Waals surface area contributed by atoms with Crippen LogP contribution in [0.25, 0.3) is 10.9 Å². The summed E-state index contributed by atoms with van der Waals surface area (Å²) in [4.78, 5) is 30.0. The quantitative estimate of drug-likeness (QED) is 0.879. The maximum atomic E-state index is 13.0. The van der Waals surface area contributed by atoms with Crippen molar-refractivity contribution in [3.8, 4) is 0 Å². The first-order chi connectivity index (χ1) is 11.2. The van der Waals surface area contributed by atoms with E-state index in [1.54, 1.807) is 6.07 Å². The largest absolute Gasteiger partial charge is 0.374 e. The number of pyridine rings is 1. The lowest BCUT2D eigenvalue weighted by Gasteiger charge is -2.43. The van der Waals surface area contributed by atoms with Crippen LogP contribution in [0.5, 0.6) is 0 Å². The van der Waals surface area contributed by atoms with E-state index in [9.17, 15) is 9.59 Å². The van der Waals surface area contributed by atoms with Crippen molar-refractivity contribution in [2.75, 3.05) is 13.2 Å². The zero-order valence-corrected chi connectivity index (χ0v) is 13.0. The number of carbonyl (C=O) groups is 1. The Balaban J connectivity index is 1.70. The van der Waals surface area contributed by atoms with Crippen molar-refractivity contribution >= 4 is 16.8 Å². The summed E-state index contributed by atoms with van der Waals surface area (Å²) in [5, 5.41) is 0.879. The van der Waals surface area contributed by atoms with Crippen LogP contribution in [0.2, 0.25) is 0 Å². The zero-order chi connectivity index (χ0) is 15.8. The van der Waals surface area contributed by atoms with Crippen LogP contribution in [0.4, 0.5) is 0 Å². The molecule has 5 nitrogen and oxygen atoms in total. The topological polar surface area (TPSA) is 62.4 Å². The molecule has 120 valence electrons. The minimum absolute atomic E-state index is 0.107. The average Bonchev–Trinajstić information content (AvgIpc) is 2.60. The van der Waals surface area contributed by atoms with Crippen molar-refractivity contribution in [3.05, 3.63) is 46.2 Å². The summed E-state index contributed by atoms with van der Waals surface area (Å²) in [6, 6.07) is 9.34. The smallest absolute Gasteiger partial charge is 0.261 e. The molecule has 2 aromatic rings. The normalized spacial score (nSPS) is 24.4. The Morgan fingerprint density at radius 3 is 2.96 bits per heavy atom. The molecule has 2 fully saturated rings. The Labute approximate surface area is 134 Å². The molecule has 0 bridgehead atoms. The molecule has 1 aromatic heterocycles. The number of rotatable bonds is 1. The average molecular weight is 312 g/mol. The molecule has 1 N–H and O–H groups in total. The molecule has 1 aliphatic carbocycles. The molecule has 4 rings (SSSR count). The van der Waals surface area contributed by atoms with E-state index in [0.29, 0.717) is 13.2 Å². The van der Waals surface area contributed by atoms with Gasteiger partial charge >= 0.3 is 0 Å². The number of nitrogens with zero attached hydrogens (tertiary/aromatic N) is 1. The van der Waals surface area contributed by atoms with Gasteiger partial charge in [-0.1, -0.05) is 31.0 Å². The van der Waals surface area contributed by atoms with Gasteiger partial charge in [0.15, 0.2) is 0 Å². The van der Waals surface area contributed by atoms with Gasteiger partial charge in [-0.3, -0.25) is 9.59 Å². The minimum Gasteiger partial charge on any atom is -0.374 e. The lowest BCUT2D eigenvalue weighted by Crippen LogP contribution is -2.55. The van der Waals surface area contributed by atoms with Crippen molar-refractivity contribution in [1.29, 1.82) is 0 Å². The number of nitrogens with one attached hydrogen (secondary N) is 1. The summed E-state index contributed by atoms with van der Waals surface area (Å²) in [7, 11) is 0. The Morgan fingerprint density at radius 2 is 2.04 bits per heavy atom. The molecule has 1 aromatic carbocycles. The van der Waals surface area contributed by atoms with E-state index in [-0.39, 0.29) is 29.2 Å². The summed E-state index contributed by atoms with van der Waals surface area (Å²) in [5.74, 6) is -0.169. The van der Waals surface area contributed by atoms with Gasteiger partial charge in [-0.2, -0.15) is 0 Å². The molecule has 23 heavy (non-hydrogen) atoms. The molecule has 2 atom stereocenters. The van der Waals surface area contributed by atoms with Crippen LogP contribution in [0.3, 0.4) is 0 Å². The maximum Gasteiger partial charge on any atom is 0.261 e. The lowest BCUT2D eigenvalue weighted by molar-refractivity contribution is -0.0753. The Kier molecular flexibility index (Phi) is 3.65. The fourth-order valence-corrected chi connectivity index (χ4v) is 3.81. The van der Waals surface area contributed by atoms with Gasteiger partial charge in [0.1, 0.15) is 5.56 Å². The van der Waals surface area contributed by atoms with Crippen molar-refractivity contribution in [2.45, 2.75) is 37.8 Å². The first-order valence-electron chi connectivity index (χ1n) is 8.29. The number of carbonyl (C=O) groups excluding carboxylic acids is 1. The summed E-state index contributed by atoms with van der Waals surface area (Å²) in [5.41, 5.74) is 0.675. The Morgan fingerprint density at radius 1 is 1.22 bits per heavy atom. The fraction of sp³-hybridized carbons (Fsp3) is 0.444. The van der Waals surface area contributed by atoms with E-state index < -0.39 is 0 Å². The highest BCUT2D eigenvalue weighted by molar-refractivity contribution is 5.97. The second-order valence-corrected chi connectivity index (χ2v) is 6.36. The van der Waals surface area contributed by atoms with E-state index in [1.807, 2.05) is 29.2 Å². The van der Waals surface area contributed by atoms with Crippen LogP contribution in [-0.4, -0.2) is 41.1 Å². The highest BCUT2D eigenvalue weighted by Gasteiger charge is 2.37. The van der Waals surface area contributed by atoms with Crippen LogP contribution in [0.15, 0.2) is 35.1 Å². The summed E-state index contributed by atoms with van der Waals surface area (Å²) >= 11 is 0. The van der Waals surface area contributed by atoms with E-state index >= 15 is 0 Å². The van der Waals surface area contributed by atoms with Gasteiger partial charge in [0.25, 0.3) is 11.5 Å². The second-order valence-electron chi connectivity index (χ2n) is 6.36. The van der Waals surface area contributed by atoms with Gasteiger partial charge in [0.05, 0.1) is 18.8 Å². The minimum atomic E-state index is -0.312. The molecule has 0 unspecified atom stereocenters. The molecular weight excluding hydrogens is 292 g/mol. The number of amides is 1. The molecule has 1 amide bonds. The zero-order valence-electron chi connectivity index (χ0n) is 13.0. The number of hydrogen-bond donors (Lipinski definition) is 1. The van der Waals surface area contributed by atoms with Gasteiger partial charge in [0, 0.05) is 12.1 Å². The summed E-state index contributed by atoms with van der Waals surface area (Å²) in [6.07, 6.45) is 4.35. The molecule has 5 heteroatoms.